The van der Waals surface area contributed by atoms with Crippen LogP contribution in [0.5, 0.6) is 0 Å². The van der Waals surface area contributed by atoms with E-state index in [-0.39, 0.29) is 17.7 Å². The van der Waals surface area contributed by atoms with Crippen molar-refractivity contribution >= 4 is 35.3 Å². The van der Waals surface area contributed by atoms with Gasteiger partial charge in [0.2, 0.25) is 5.91 Å². The van der Waals surface area contributed by atoms with E-state index < -0.39 is 30.4 Å². The Bertz CT molecular complexity index is 1220. The van der Waals surface area contributed by atoms with Gasteiger partial charge in [0, 0.05) is 5.92 Å². The summed E-state index contributed by atoms with van der Waals surface area (Å²) in [5.41, 5.74) is 5.07. The van der Waals surface area contributed by atoms with Crippen LogP contribution in [0.15, 0.2) is 60.7 Å². The molecule has 1 aliphatic carbocycles. The van der Waals surface area contributed by atoms with E-state index >= 15 is 0 Å². The van der Waals surface area contributed by atoms with Crippen LogP contribution < -0.4 is 10.6 Å². The lowest BCUT2D eigenvalue weighted by atomic mass is 9.98. The third kappa shape index (κ3) is 5.02. The molecule has 3 aromatic rings. The van der Waals surface area contributed by atoms with E-state index in [0.29, 0.717) is 11.4 Å². The number of carbonyl (C=O) groups excluding carboxylic acids is 2. The van der Waals surface area contributed by atoms with Gasteiger partial charge in [0.1, 0.15) is 17.8 Å². The van der Waals surface area contributed by atoms with E-state index in [1.165, 1.54) is 6.07 Å². The number of hydrogen-bond donors (Lipinski definition) is 3. The lowest BCUT2D eigenvalue weighted by Crippen LogP contribution is -2.45. The minimum atomic E-state index is -1.34. The Morgan fingerprint density at radius 3 is 2.24 bits per heavy atom. The summed E-state index contributed by atoms with van der Waals surface area (Å²) in [4.78, 5) is 40.6. The van der Waals surface area contributed by atoms with Gasteiger partial charge in [-0.05, 0) is 41.3 Å². The van der Waals surface area contributed by atoms with Crippen molar-refractivity contribution in [1.29, 1.82) is 0 Å². The molecular formula is C25H22ClN3O5. The highest BCUT2D eigenvalue weighted by molar-refractivity contribution is 6.29. The molecule has 0 bridgehead atoms. The molecule has 0 saturated carbocycles. The first-order valence-corrected chi connectivity index (χ1v) is 11.0. The Kier molecular flexibility index (Phi) is 6.79. The second-order valence-corrected chi connectivity index (χ2v) is 8.26. The lowest BCUT2D eigenvalue weighted by Gasteiger charge is -2.19. The number of benzene rings is 2. The second kappa shape index (κ2) is 9.93. The molecule has 1 heterocycles. The first-order valence-electron chi connectivity index (χ1n) is 10.6. The molecule has 0 saturated heterocycles. The Labute approximate surface area is 200 Å². The zero-order chi connectivity index (χ0) is 24.2. The van der Waals surface area contributed by atoms with Crippen molar-refractivity contribution in [2.45, 2.75) is 25.3 Å². The number of aliphatic carboxylic acids is 1. The fourth-order valence-electron chi connectivity index (χ4n) is 4.05. The number of nitrogens with one attached hydrogen (secondary N) is 2. The Morgan fingerprint density at radius 1 is 1.03 bits per heavy atom. The van der Waals surface area contributed by atoms with Crippen molar-refractivity contribution in [3.8, 4) is 11.1 Å². The van der Waals surface area contributed by atoms with Gasteiger partial charge >= 0.3 is 12.1 Å². The van der Waals surface area contributed by atoms with Gasteiger partial charge in [-0.3, -0.25) is 9.59 Å². The summed E-state index contributed by atoms with van der Waals surface area (Å²) in [5, 5.41) is 14.4. The largest absolute Gasteiger partial charge is 0.481 e. The second-order valence-electron chi connectivity index (χ2n) is 7.88. The van der Waals surface area contributed by atoms with Gasteiger partial charge in [0.05, 0.1) is 17.8 Å². The summed E-state index contributed by atoms with van der Waals surface area (Å²) in [5.74, 6) is -2.11. The van der Waals surface area contributed by atoms with Gasteiger partial charge < -0.3 is 20.5 Å². The number of anilines is 1. The first-order chi connectivity index (χ1) is 16.3. The molecule has 34 heavy (non-hydrogen) atoms. The minimum absolute atomic E-state index is 0.0431. The van der Waals surface area contributed by atoms with Crippen LogP contribution in [-0.4, -0.2) is 40.7 Å². The summed E-state index contributed by atoms with van der Waals surface area (Å²) in [6.07, 6.45) is -1.50. The van der Waals surface area contributed by atoms with E-state index in [2.05, 4.69) is 15.6 Å². The molecule has 0 spiro atoms. The van der Waals surface area contributed by atoms with Gasteiger partial charge in [-0.2, -0.15) is 0 Å². The number of carboxylic acids is 1. The van der Waals surface area contributed by atoms with E-state index in [1.807, 2.05) is 48.5 Å². The van der Waals surface area contributed by atoms with E-state index in [0.717, 1.165) is 22.3 Å². The number of hydrogen-bond acceptors (Lipinski definition) is 5. The SMILES string of the molecule is Cc1nc(Cl)ccc1NC(=O)C(CC(=O)O)NC(=O)OCC1c2ccccc2-c2ccccc21. The number of carbonyl (C=O) groups is 3. The van der Waals surface area contributed by atoms with Crippen LogP contribution in [0.2, 0.25) is 5.15 Å². The maximum atomic E-state index is 12.7. The summed E-state index contributed by atoms with van der Waals surface area (Å²) >= 11 is 5.83. The van der Waals surface area contributed by atoms with Crippen LogP contribution in [0.3, 0.4) is 0 Å². The van der Waals surface area contributed by atoms with Crippen LogP contribution >= 0.6 is 11.6 Å². The van der Waals surface area contributed by atoms with E-state index in [4.69, 9.17) is 16.3 Å². The molecule has 1 aliphatic rings. The first kappa shape index (κ1) is 23.3. The average Bonchev–Trinajstić information content (AvgIpc) is 3.12. The number of halogens is 1. The van der Waals surface area contributed by atoms with Crippen molar-refractivity contribution in [3.05, 3.63) is 82.6 Å². The smallest absolute Gasteiger partial charge is 0.407 e. The summed E-state index contributed by atoms with van der Waals surface area (Å²) in [6.45, 7) is 1.69. The van der Waals surface area contributed by atoms with Gasteiger partial charge in [-0.15, -0.1) is 0 Å². The van der Waals surface area contributed by atoms with Gasteiger partial charge in [0.25, 0.3) is 0 Å². The highest BCUT2D eigenvalue weighted by atomic mass is 35.5. The fourth-order valence-corrected chi connectivity index (χ4v) is 4.24. The number of ether oxygens (including phenoxy) is 1. The normalized spacial score (nSPS) is 12.9. The number of pyridine rings is 1. The van der Waals surface area contributed by atoms with Gasteiger partial charge in [-0.25, -0.2) is 9.78 Å². The average molecular weight is 480 g/mol. The molecule has 174 valence electrons. The topological polar surface area (TPSA) is 118 Å². The molecule has 2 aromatic carbocycles. The number of rotatable bonds is 7. The predicted octanol–water partition coefficient (Wildman–Crippen LogP) is 4.36. The Balaban J connectivity index is 1.43. The summed E-state index contributed by atoms with van der Waals surface area (Å²) < 4.78 is 5.44. The van der Waals surface area contributed by atoms with Gasteiger partial charge in [0.15, 0.2) is 0 Å². The Morgan fingerprint density at radius 2 is 1.65 bits per heavy atom. The minimum Gasteiger partial charge on any atom is -0.481 e. The summed E-state index contributed by atoms with van der Waals surface area (Å²) in [7, 11) is 0. The van der Waals surface area contributed by atoms with Crippen molar-refractivity contribution in [1.82, 2.24) is 10.3 Å². The Hall–Kier alpha value is -3.91. The molecule has 0 radical (unpaired) electrons. The van der Waals surface area contributed by atoms with Crippen LogP contribution in [0.1, 0.15) is 29.2 Å². The maximum Gasteiger partial charge on any atom is 0.407 e. The number of aryl methyl sites for hydroxylation is 1. The highest BCUT2D eigenvalue weighted by Crippen LogP contribution is 2.44. The third-order valence-corrected chi connectivity index (χ3v) is 5.85. The standard InChI is InChI=1S/C25H22ClN3O5/c1-14-20(10-11-22(26)27-14)28-24(32)21(12-23(30)31)29-25(33)34-13-19-17-8-4-2-6-15(17)16-7-3-5-9-18(16)19/h2-11,19,21H,12-13H2,1H3,(H,28,32)(H,29,33)(H,30,31). The predicted molar refractivity (Wildman–Crippen MR) is 127 cm³/mol. The highest BCUT2D eigenvalue weighted by Gasteiger charge is 2.30. The van der Waals surface area contributed by atoms with Crippen molar-refractivity contribution in [2.24, 2.45) is 0 Å². The molecule has 1 aromatic heterocycles. The van der Waals surface area contributed by atoms with E-state index in [1.54, 1.807) is 13.0 Å². The fraction of sp³-hybridized carbons (Fsp3) is 0.200. The third-order valence-electron chi connectivity index (χ3n) is 5.64. The van der Waals surface area contributed by atoms with Crippen LogP contribution in [0, 0.1) is 6.92 Å². The number of fused-ring (bicyclic) bond motifs is 3. The molecule has 1 unspecified atom stereocenters. The molecule has 8 nitrogen and oxygen atoms in total. The zero-order valence-electron chi connectivity index (χ0n) is 18.2. The molecule has 4 rings (SSSR count). The quantitative estimate of drug-likeness (QED) is 0.433. The van der Waals surface area contributed by atoms with Crippen molar-refractivity contribution < 1.29 is 24.2 Å². The van der Waals surface area contributed by atoms with E-state index in [9.17, 15) is 19.5 Å². The number of carboxylic acid groups (broad SMARTS) is 1. The van der Waals surface area contributed by atoms with Crippen molar-refractivity contribution in [2.75, 3.05) is 11.9 Å². The summed E-state index contributed by atoms with van der Waals surface area (Å²) in [6, 6.07) is 17.5. The maximum absolute atomic E-state index is 12.7. The number of nitrogens with zero attached hydrogens (tertiary/aromatic N) is 1. The molecule has 2 amide bonds. The van der Waals surface area contributed by atoms with Crippen molar-refractivity contribution in [3.63, 3.8) is 0 Å². The lowest BCUT2D eigenvalue weighted by molar-refractivity contribution is -0.139. The van der Waals surface area contributed by atoms with Crippen LogP contribution in [0.25, 0.3) is 11.1 Å². The van der Waals surface area contributed by atoms with Gasteiger partial charge in [-0.1, -0.05) is 60.1 Å². The molecule has 9 heteroatoms. The van der Waals surface area contributed by atoms with Crippen LogP contribution in [0.4, 0.5) is 10.5 Å². The molecule has 3 N–H and O–H groups in total. The molecule has 0 aliphatic heterocycles. The number of alkyl carbamates (subject to hydrolysis) is 1. The van der Waals surface area contributed by atoms with Crippen LogP contribution in [-0.2, 0) is 14.3 Å². The molecule has 1 atom stereocenters. The number of aromatic nitrogens is 1. The monoisotopic (exact) mass is 479 g/mol. The molecular weight excluding hydrogens is 458 g/mol. The number of amides is 2. The molecule has 0 fully saturated rings. The zero-order valence-corrected chi connectivity index (χ0v) is 19.0.